The molecule has 0 heterocycles. The lowest BCUT2D eigenvalue weighted by atomic mass is 10.1. The van der Waals surface area contributed by atoms with Crippen LogP contribution in [0.25, 0.3) is 0 Å². The number of hydrogen-bond acceptors (Lipinski definition) is 2. The third kappa shape index (κ3) is 3.37. The summed E-state index contributed by atoms with van der Waals surface area (Å²) in [7, 11) is 1.64. The van der Waals surface area contributed by atoms with Gasteiger partial charge < -0.3 is 10.1 Å². The van der Waals surface area contributed by atoms with Gasteiger partial charge in [-0.2, -0.15) is 0 Å². The fourth-order valence-electron chi connectivity index (χ4n) is 2.57. The average Bonchev–Trinajstić information content (AvgIpc) is 2.92. The molecule has 1 amide bonds. The molecule has 19 heavy (non-hydrogen) atoms. The van der Waals surface area contributed by atoms with Crippen LogP contribution < -0.4 is 10.1 Å². The molecule has 102 valence electrons. The molecule has 1 N–H and O–H groups in total. The van der Waals surface area contributed by atoms with Gasteiger partial charge in [0, 0.05) is 11.6 Å². The second kappa shape index (κ2) is 6.41. The lowest BCUT2D eigenvalue weighted by Gasteiger charge is -2.13. The summed E-state index contributed by atoms with van der Waals surface area (Å²) in [6.07, 6.45) is 7.15. The van der Waals surface area contributed by atoms with Crippen LogP contribution in [-0.2, 0) is 6.42 Å². The molecule has 0 radical (unpaired) electrons. The molecule has 1 aromatic rings. The Bertz CT molecular complexity index is 462. The molecule has 1 aliphatic carbocycles. The number of methoxy groups -OCH3 is 1. The molecule has 3 heteroatoms. The highest BCUT2D eigenvalue weighted by Gasteiger charge is 2.18. The monoisotopic (exact) mass is 259 g/mol. The fourth-order valence-corrected chi connectivity index (χ4v) is 2.57. The molecule has 0 bridgehead atoms. The van der Waals surface area contributed by atoms with Crippen LogP contribution in [0.15, 0.2) is 30.9 Å². The summed E-state index contributed by atoms with van der Waals surface area (Å²) in [6, 6.07) is 5.90. The molecule has 1 fully saturated rings. The van der Waals surface area contributed by atoms with Gasteiger partial charge >= 0.3 is 0 Å². The van der Waals surface area contributed by atoms with E-state index in [-0.39, 0.29) is 5.91 Å². The maximum atomic E-state index is 12.2. The molecule has 0 aromatic heterocycles. The van der Waals surface area contributed by atoms with Gasteiger partial charge in [0.15, 0.2) is 0 Å². The topological polar surface area (TPSA) is 38.3 Å². The van der Waals surface area contributed by atoms with Crippen molar-refractivity contribution in [3.63, 3.8) is 0 Å². The van der Waals surface area contributed by atoms with Gasteiger partial charge in [0.25, 0.3) is 5.91 Å². The standard InChI is InChI=1S/C16H21NO2/c1-3-6-12-11-13(9-10-15(12)19-2)16(18)17-14-7-4-5-8-14/h3,9-11,14H,1,4-8H2,2H3,(H,17,18). The summed E-state index contributed by atoms with van der Waals surface area (Å²) in [4.78, 5) is 12.2. The third-order valence-electron chi connectivity index (χ3n) is 3.60. The van der Waals surface area contributed by atoms with Gasteiger partial charge in [-0.05, 0) is 43.0 Å². The third-order valence-corrected chi connectivity index (χ3v) is 3.60. The summed E-state index contributed by atoms with van der Waals surface area (Å²) >= 11 is 0. The normalized spacial score (nSPS) is 15.2. The van der Waals surface area contributed by atoms with Crippen molar-refractivity contribution in [3.8, 4) is 5.75 Å². The van der Waals surface area contributed by atoms with E-state index in [9.17, 15) is 4.79 Å². The summed E-state index contributed by atoms with van der Waals surface area (Å²) < 4.78 is 5.29. The van der Waals surface area contributed by atoms with E-state index in [0.29, 0.717) is 18.0 Å². The number of benzene rings is 1. The number of carbonyl (C=O) groups excluding carboxylic acids is 1. The zero-order chi connectivity index (χ0) is 13.7. The SMILES string of the molecule is C=CCc1cc(C(=O)NC2CCCC2)ccc1OC. The Morgan fingerprint density at radius 2 is 2.21 bits per heavy atom. The van der Waals surface area contributed by atoms with Gasteiger partial charge in [0.05, 0.1) is 7.11 Å². The Kier molecular flexibility index (Phi) is 4.61. The Morgan fingerprint density at radius 3 is 2.84 bits per heavy atom. The molecular weight excluding hydrogens is 238 g/mol. The van der Waals surface area contributed by atoms with E-state index in [1.165, 1.54) is 12.8 Å². The number of rotatable bonds is 5. The zero-order valence-electron chi connectivity index (χ0n) is 11.4. The maximum Gasteiger partial charge on any atom is 0.251 e. The number of carbonyl (C=O) groups is 1. The summed E-state index contributed by atoms with van der Waals surface area (Å²) in [6.45, 7) is 3.73. The summed E-state index contributed by atoms with van der Waals surface area (Å²) in [5, 5.41) is 3.10. The quantitative estimate of drug-likeness (QED) is 0.825. The average molecular weight is 259 g/mol. The van der Waals surface area contributed by atoms with E-state index < -0.39 is 0 Å². The second-order valence-electron chi connectivity index (χ2n) is 4.97. The van der Waals surface area contributed by atoms with Crippen molar-refractivity contribution in [1.82, 2.24) is 5.32 Å². The molecule has 1 aromatic carbocycles. The van der Waals surface area contributed by atoms with E-state index in [0.717, 1.165) is 24.2 Å². The molecule has 1 aliphatic rings. The minimum Gasteiger partial charge on any atom is -0.496 e. The van der Waals surface area contributed by atoms with Crippen LogP contribution >= 0.6 is 0 Å². The number of amides is 1. The number of allylic oxidation sites excluding steroid dienone is 1. The molecule has 3 nitrogen and oxygen atoms in total. The van der Waals surface area contributed by atoms with Gasteiger partial charge in [0.2, 0.25) is 0 Å². The van der Waals surface area contributed by atoms with Crippen molar-refractivity contribution in [2.24, 2.45) is 0 Å². The second-order valence-corrected chi connectivity index (χ2v) is 4.97. The largest absolute Gasteiger partial charge is 0.496 e. The smallest absolute Gasteiger partial charge is 0.251 e. The van der Waals surface area contributed by atoms with Crippen LogP contribution in [-0.4, -0.2) is 19.1 Å². The molecule has 2 rings (SSSR count). The molecule has 1 saturated carbocycles. The predicted molar refractivity (Wildman–Crippen MR) is 76.6 cm³/mol. The van der Waals surface area contributed by atoms with Crippen molar-refractivity contribution in [3.05, 3.63) is 42.0 Å². The minimum absolute atomic E-state index is 0.0138. The van der Waals surface area contributed by atoms with Gasteiger partial charge in [0.1, 0.15) is 5.75 Å². The van der Waals surface area contributed by atoms with Crippen LogP contribution in [0.1, 0.15) is 41.6 Å². The Morgan fingerprint density at radius 1 is 1.47 bits per heavy atom. The van der Waals surface area contributed by atoms with Gasteiger partial charge in [-0.15, -0.1) is 6.58 Å². The molecule has 0 atom stereocenters. The van der Waals surface area contributed by atoms with Crippen molar-refractivity contribution in [1.29, 1.82) is 0 Å². The molecule has 0 unspecified atom stereocenters. The van der Waals surface area contributed by atoms with Gasteiger partial charge in [-0.3, -0.25) is 4.79 Å². The summed E-state index contributed by atoms with van der Waals surface area (Å²) in [5.74, 6) is 0.817. The van der Waals surface area contributed by atoms with E-state index >= 15 is 0 Å². The first-order valence-electron chi connectivity index (χ1n) is 6.83. The maximum absolute atomic E-state index is 12.2. The number of nitrogens with one attached hydrogen (secondary N) is 1. The highest BCUT2D eigenvalue weighted by atomic mass is 16.5. The van der Waals surface area contributed by atoms with E-state index in [1.54, 1.807) is 7.11 Å². The Balaban J connectivity index is 2.12. The van der Waals surface area contributed by atoms with Crippen molar-refractivity contribution >= 4 is 5.91 Å². The lowest BCUT2D eigenvalue weighted by molar-refractivity contribution is 0.0937. The van der Waals surface area contributed by atoms with Crippen molar-refractivity contribution in [2.45, 2.75) is 38.1 Å². The van der Waals surface area contributed by atoms with Crippen LogP contribution in [0.5, 0.6) is 5.75 Å². The Hall–Kier alpha value is -1.77. The lowest BCUT2D eigenvalue weighted by Crippen LogP contribution is -2.32. The highest BCUT2D eigenvalue weighted by molar-refractivity contribution is 5.94. The highest BCUT2D eigenvalue weighted by Crippen LogP contribution is 2.22. The van der Waals surface area contributed by atoms with Crippen molar-refractivity contribution in [2.75, 3.05) is 7.11 Å². The van der Waals surface area contributed by atoms with Crippen LogP contribution in [0.3, 0.4) is 0 Å². The van der Waals surface area contributed by atoms with Crippen LogP contribution in [0.2, 0.25) is 0 Å². The van der Waals surface area contributed by atoms with E-state index in [2.05, 4.69) is 11.9 Å². The van der Waals surface area contributed by atoms with Crippen LogP contribution in [0.4, 0.5) is 0 Å². The number of ether oxygens (including phenoxy) is 1. The van der Waals surface area contributed by atoms with Gasteiger partial charge in [-0.25, -0.2) is 0 Å². The summed E-state index contributed by atoms with van der Waals surface area (Å²) in [5.41, 5.74) is 1.70. The van der Waals surface area contributed by atoms with Crippen molar-refractivity contribution < 1.29 is 9.53 Å². The first kappa shape index (κ1) is 13.7. The number of hydrogen-bond donors (Lipinski definition) is 1. The molecule has 0 saturated heterocycles. The van der Waals surface area contributed by atoms with E-state index in [1.807, 2.05) is 24.3 Å². The van der Waals surface area contributed by atoms with E-state index in [4.69, 9.17) is 4.74 Å². The zero-order valence-corrected chi connectivity index (χ0v) is 11.4. The fraction of sp³-hybridized carbons (Fsp3) is 0.438. The van der Waals surface area contributed by atoms with Crippen LogP contribution in [0, 0.1) is 0 Å². The molecule has 0 spiro atoms. The Labute approximate surface area is 114 Å². The minimum atomic E-state index is 0.0138. The molecule has 0 aliphatic heterocycles. The molecular formula is C16H21NO2. The first-order chi connectivity index (χ1) is 9.24. The predicted octanol–water partition coefficient (Wildman–Crippen LogP) is 3.10. The van der Waals surface area contributed by atoms with Gasteiger partial charge in [-0.1, -0.05) is 18.9 Å². The first-order valence-corrected chi connectivity index (χ1v) is 6.83.